The third-order valence-corrected chi connectivity index (χ3v) is 3.34. The fourth-order valence-electron chi connectivity index (χ4n) is 2.05. The highest BCUT2D eigenvalue weighted by molar-refractivity contribution is 7.71. The summed E-state index contributed by atoms with van der Waals surface area (Å²) in [6, 6.07) is 6.37. The van der Waals surface area contributed by atoms with Crippen LogP contribution in [0.15, 0.2) is 29.1 Å². The molecule has 0 aliphatic rings. The van der Waals surface area contributed by atoms with Crippen molar-refractivity contribution in [2.24, 2.45) is 0 Å². The average molecular weight is 348 g/mol. The van der Waals surface area contributed by atoms with Crippen LogP contribution in [0, 0.1) is 4.77 Å². The number of methoxy groups -OCH3 is 3. The topological polar surface area (TPSA) is 93.4 Å². The van der Waals surface area contributed by atoms with Gasteiger partial charge in [0.15, 0.2) is 4.77 Å². The van der Waals surface area contributed by atoms with Crippen molar-refractivity contribution >= 4 is 29.8 Å². The van der Waals surface area contributed by atoms with Gasteiger partial charge >= 0.3 is 5.97 Å². The van der Waals surface area contributed by atoms with E-state index in [0.717, 1.165) is 0 Å². The second-order valence-electron chi connectivity index (χ2n) is 4.70. The zero-order valence-corrected chi connectivity index (χ0v) is 14.2. The number of H-pyrrole nitrogens is 2. The SMILES string of the molecule is COC(=O)/C(=C\c1cc(OC)cc(OC)c1)c1cc(=O)[nH]c(=S)[nH]1. The first-order valence-electron chi connectivity index (χ1n) is 6.84. The van der Waals surface area contributed by atoms with Gasteiger partial charge in [-0.2, -0.15) is 0 Å². The van der Waals surface area contributed by atoms with E-state index in [1.807, 2.05) is 0 Å². The molecule has 0 atom stereocenters. The molecule has 1 heterocycles. The van der Waals surface area contributed by atoms with E-state index < -0.39 is 11.5 Å². The second kappa shape index (κ2) is 7.60. The van der Waals surface area contributed by atoms with Crippen LogP contribution in [-0.2, 0) is 9.53 Å². The van der Waals surface area contributed by atoms with E-state index in [1.165, 1.54) is 27.4 Å². The summed E-state index contributed by atoms with van der Waals surface area (Å²) in [6.07, 6.45) is 1.55. The number of esters is 1. The Labute approximate surface area is 142 Å². The third kappa shape index (κ3) is 4.11. The first kappa shape index (κ1) is 17.5. The van der Waals surface area contributed by atoms with Gasteiger partial charge in [-0.15, -0.1) is 0 Å². The summed E-state index contributed by atoms with van der Waals surface area (Å²) in [6.45, 7) is 0. The van der Waals surface area contributed by atoms with Gasteiger partial charge < -0.3 is 19.2 Å². The molecule has 0 saturated heterocycles. The minimum absolute atomic E-state index is 0.107. The molecule has 7 nitrogen and oxygen atoms in total. The largest absolute Gasteiger partial charge is 0.497 e. The van der Waals surface area contributed by atoms with Crippen LogP contribution in [0.4, 0.5) is 0 Å². The highest BCUT2D eigenvalue weighted by Gasteiger charge is 2.15. The summed E-state index contributed by atoms with van der Waals surface area (Å²) < 4.78 is 15.3. The molecule has 126 valence electrons. The zero-order chi connectivity index (χ0) is 17.7. The first-order chi connectivity index (χ1) is 11.5. The Hall–Kier alpha value is -2.87. The minimum atomic E-state index is -0.618. The van der Waals surface area contributed by atoms with Crippen molar-refractivity contribution in [3.63, 3.8) is 0 Å². The Morgan fingerprint density at radius 1 is 1.04 bits per heavy atom. The highest BCUT2D eigenvalue weighted by Crippen LogP contribution is 2.26. The molecule has 0 saturated carbocycles. The number of aromatic nitrogens is 2. The molecule has 0 fully saturated rings. The highest BCUT2D eigenvalue weighted by atomic mass is 32.1. The molecule has 2 N–H and O–H groups in total. The standard InChI is InChI=1S/C16H16N2O5S/c1-21-10-4-9(5-11(7-10)22-2)6-12(15(20)23-3)13-8-14(19)18-16(24)17-13/h4-8H,1-3H3,(H2,17,18,19,24)/b12-6-. The predicted molar refractivity (Wildman–Crippen MR) is 91.7 cm³/mol. The van der Waals surface area contributed by atoms with Crippen LogP contribution >= 0.6 is 12.2 Å². The van der Waals surface area contributed by atoms with Gasteiger partial charge in [-0.3, -0.25) is 9.78 Å². The lowest BCUT2D eigenvalue weighted by Crippen LogP contribution is -2.12. The predicted octanol–water partition coefficient (Wildman–Crippen LogP) is 2.16. The van der Waals surface area contributed by atoms with E-state index in [2.05, 4.69) is 9.97 Å². The lowest BCUT2D eigenvalue weighted by atomic mass is 10.1. The van der Waals surface area contributed by atoms with Gasteiger partial charge in [-0.1, -0.05) is 0 Å². The molecule has 0 aliphatic carbocycles. The van der Waals surface area contributed by atoms with Crippen LogP contribution in [0.5, 0.6) is 11.5 Å². The molecule has 0 unspecified atom stereocenters. The van der Waals surface area contributed by atoms with Crippen LogP contribution in [0.25, 0.3) is 11.6 Å². The molecule has 0 aliphatic heterocycles. The van der Waals surface area contributed by atoms with E-state index in [0.29, 0.717) is 17.1 Å². The van der Waals surface area contributed by atoms with Gasteiger partial charge in [-0.05, 0) is 36.0 Å². The number of benzene rings is 1. The van der Waals surface area contributed by atoms with E-state index >= 15 is 0 Å². The second-order valence-corrected chi connectivity index (χ2v) is 5.11. The summed E-state index contributed by atoms with van der Waals surface area (Å²) in [7, 11) is 4.30. The van der Waals surface area contributed by atoms with Crippen molar-refractivity contribution < 1.29 is 19.0 Å². The maximum Gasteiger partial charge on any atom is 0.339 e. The maximum absolute atomic E-state index is 12.1. The summed E-state index contributed by atoms with van der Waals surface area (Å²) in [5.41, 5.74) is 0.598. The molecule has 1 aromatic carbocycles. The number of hydrogen-bond acceptors (Lipinski definition) is 6. The Morgan fingerprint density at radius 2 is 1.67 bits per heavy atom. The minimum Gasteiger partial charge on any atom is -0.497 e. The molecule has 2 rings (SSSR count). The number of aromatic amines is 2. The smallest absolute Gasteiger partial charge is 0.339 e. The number of hydrogen-bond donors (Lipinski definition) is 2. The molecule has 1 aromatic heterocycles. The molecule has 0 spiro atoms. The molecule has 2 aromatic rings. The van der Waals surface area contributed by atoms with Crippen LogP contribution in [0.3, 0.4) is 0 Å². The Balaban J connectivity index is 2.64. The van der Waals surface area contributed by atoms with Crippen LogP contribution in [-0.4, -0.2) is 37.3 Å². The number of carbonyl (C=O) groups is 1. The molecule has 8 heteroatoms. The summed E-state index contributed by atoms with van der Waals surface area (Å²) in [5, 5.41) is 0. The van der Waals surface area contributed by atoms with Gasteiger partial charge in [0, 0.05) is 12.1 Å². The van der Waals surface area contributed by atoms with Crippen molar-refractivity contribution in [2.75, 3.05) is 21.3 Å². The number of carbonyl (C=O) groups excluding carboxylic acids is 1. The van der Waals surface area contributed by atoms with Gasteiger partial charge in [0.25, 0.3) is 5.56 Å². The van der Waals surface area contributed by atoms with Gasteiger partial charge in [-0.25, -0.2) is 4.79 Å². The normalized spacial score (nSPS) is 11.0. The van der Waals surface area contributed by atoms with Gasteiger partial charge in [0.2, 0.25) is 0 Å². The van der Waals surface area contributed by atoms with E-state index in [1.54, 1.807) is 24.3 Å². The van der Waals surface area contributed by atoms with Crippen molar-refractivity contribution in [3.8, 4) is 11.5 Å². The van der Waals surface area contributed by atoms with Gasteiger partial charge in [0.05, 0.1) is 32.6 Å². The number of ether oxygens (including phenoxy) is 3. The fraction of sp³-hybridized carbons (Fsp3) is 0.188. The first-order valence-corrected chi connectivity index (χ1v) is 7.24. The van der Waals surface area contributed by atoms with Crippen molar-refractivity contribution in [2.45, 2.75) is 0 Å². The molecule has 0 amide bonds. The quantitative estimate of drug-likeness (QED) is 0.489. The van der Waals surface area contributed by atoms with Gasteiger partial charge in [0.1, 0.15) is 11.5 Å². The monoisotopic (exact) mass is 348 g/mol. The van der Waals surface area contributed by atoms with E-state index in [9.17, 15) is 9.59 Å². The third-order valence-electron chi connectivity index (χ3n) is 3.14. The van der Waals surface area contributed by atoms with Crippen molar-refractivity contribution in [1.82, 2.24) is 9.97 Å². The molecular weight excluding hydrogens is 332 g/mol. The summed E-state index contributed by atoms with van der Waals surface area (Å²) in [5.74, 6) is 0.500. The van der Waals surface area contributed by atoms with Crippen molar-refractivity contribution in [3.05, 3.63) is 50.6 Å². The van der Waals surface area contributed by atoms with Crippen molar-refractivity contribution in [1.29, 1.82) is 0 Å². The summed E-state index contributed by atoms with van der Waals surface area (Å²) in [4.78, 5) is 28.9. The van der Waals surface area contributed by atoms with Crippen LogP contribution in [0.1, 0.15) is 11.3 Å². The Morgan fingerprint density at radius 3 is 2.17 bits per heavy atom. The Kier molecular flexibility index (Phi) is 5.54. The number of rotatable bonds is 5. The maximum atomic E-state index is 12.1. The lowest BCUT2D eigenvalue weighted by molar-refractivity contribution is -0.133. The van der Waals surface area contributed by atoms with E-state index in [4.69, 9.17) is 26.4 Å². The molecular formula is C16H16N2O5S. The zero-order valence-electron chi connectivity index (χ0n) is 13.3. The lowest BCUT2D eigenvalue weighted by Gasteiger charge is -2.09. The average Bonchev–Trinajstić information content (AvgIpc) is 2.57. The van der Waals surface area contributed by atoms with Crippen LogP contribution in [0.2, 0.25) is 0 Å². The molecule has 24 heavy (non-hydrogen) atoms. The van der Waals surface area contributed by atoms with E-state index in [-0.39, 0.29) is 16.0 Å². The van der Waals surface area contributed by atoms with Crippen LogP contribution < -0.4 is 15.0 Å². The molecule has 0 bridgehead atoms. The molecule has 0 radical (unpaired) electrons. The summed E-state index contributed by atoms with van der Waals surface area (Å²) >= 11 is 4.94. The number of nitrogens with one attached hydrogen (secondary N) is 2. The Bertz CT molecular complexity index is 847. The fourth-order valence-corrected chi connectivity index (χ4v) is 2.26.